The molecule has 1 unspecified atom stereocenters. The number of carbonyl (C=O) groups is 2. The van der Waals surface area contributed by atoms with Gasteiger partial charge in [0.25, 0.3) is 17.4 Å². The van der Waals surface area contributed by atoms with Gasteiger partial charge in [0.1, 0.15) is 5.76 Å². The lowest BCUT2D eigenvalue weighted by atomic mass is 9.95. The first kappa shape index (κ1) is 20.3. The topological polar surface area (TPSA) is 101 Å². The second-order valence-electron chi connectivity index (χ2n) is 6.86. The highest BCUT2D eigenvalue weighted by Crippen LogP contribution is 2.42. The van der Waals surface area contributed by atoms with Crippen LogP contribution < -0.4 is 4.90 Å². The van der Waals surface area contributed by atoms with Crippen molar-refractivity contribution in [3.05, 3.63) is 111 Å². The van der Waals surface area contributed by atoms with E-state index in [1.807, 2.05) is 0 Å². The standard InChI is InChI=1S/C23H15ClN2O5/c24-16-8-12-17(13-9-16)25-20(14-4-2-1-3-5-14)19(22(28)23(25)29)21(27)15-6-10-18(11-7-15)26(30)31/h1-13,20,27H/b21-19-. The van der Waals surface area contributed by atoms with Crippen LogP contribution in [0, 0.1) is 10.1 Å². The molecular formula is C23H15ClN2O5. The van der Waals surface area contributed by atoms with Gasteiger partial charge in [-0.3, -0.25) is 24.6 Å². The minimum atomic E-state index is -0.877. The van der Waals surface area contributed by atoms with E-state index >= 15 is 0 Å². The Morgan fingerprint density at radius 3 is 2.13 bits per heavy atom. The molecule has 0 bridgehead atoms. The monoisotopic (exact) mass is 434 g/mol. The van der Waals surface area contributed by atoms with E-state index in [2.05, 4.69) is 0 Å². The molecule has 1 saturated heterocycles. The molecule has 7 nitrogen and oxygen atoms in total. The maximum absolute atomic E-state index is 13.0. The lowest BCUT2D eigenvalue weighted by Gasteiger charge is -2.25. The number of aliphatic hydroxyl groups excluding tert-OH is 1. The summed E-state index contributed by atoms with van der Waals surface area (Å²) in [7, 11) is 0. The Kier molecular flexibility index (Phi) is 5.27. The Morgan fingerprint density at radius 1 is 0.935 bits per heavy atom. The number of benzene rings is 3. The number of hydrogen-bond donors (Lipinski definition) is 1. The number of halogens is 1. The number of anilines is 1. The molecule has 0 radical (unpaired) electrons. The Bertz CT molecular complexity index is 1200. The minimum absolute atomic E-state index is 0.0972. The third-order valence-electron chi connectivity index (χ3n) is 5.02. The van der Waals surface area contributed by atoms with Crippen LogP contribution in [0.3, 0.4) is 0 Å². The third kappa shape index (κ3) is 3.67. The summed E-state index contributed by atoms with van der Waals surface area (Å²) in [4.78, 5) is 37.6. The zero-order valence-electron chi connectivity index (χ0n) is 15.9. The van der Waals surface area contributed by atoms with Gasteiger partial charge in [0.05, 0.1) is 16.5 Å². The molecule has 1 amide bonds. The minimum Gasteiger partial charge on any atom is -0.507 e. The molecule has 3 aromatic carbocycles. The molecule has 3 aromatic rings. The summed E-state index contributed by atoms with van der Waals surface area (Å²) in [6.45, 7) is 0. The van der Waals surface area contributed by atoms with Gasteiger partial charge in [0, 0.05) is 28.4 Å². The van der Waals surface area contributed by atoms with E-state index in [-0.39, 0.29) is 16.8 Å². The van der Waals surface area contributed by atoms with Crippen molar-refractivity contribution < 1.29 is 19.6 Å². The van der Waals surface area contributed by atoms with Crippen molar-refractivity contribution >= 4 is 40.4 Å². The van der Waals surface area contributed by atoms with Gasteiger partial charge in [0.15, 0.2) is 0 Å². The van der Waals surface area contributed by atoms with Crippen molar-refractivity contribution in [3.63, 3.8) is 0 Å². The lowest BCUT2D eigenvalue weighted by molar-refractivity contribution is -0.384. The molecule has 0 saturated carbocycles. The van der Waals surface area contributed by atoms with Gasteiger partial charge in [-0.2, -0.15) is 0 Å². The fourth-order valence-electron chi connectivity index (χ4n) is 3.55. The van der Waals surface area contributed by atoms with E-state index in [1.54, 1.807) is 54.6 Å². The summed E-state index contributed by atoms with van der Waals surface area (Å²) in [5.41, 5.74) is 1.02. The van der Waals surface area contributed by atoms with E-state index in [4.69, 9.17) is 11.6 Å². The maximum Gasteiger partial charge on any atom is 0.300 e. The van der Waals surface area contributed by atoms with Crippen LogP contribution in [0.15, 0.2) is 84.4 Å². The highest BCUT2D eigenvalue weighted by atomic mass is 35.5. The maximum atomic E-state index is 13.0. The molecular weight excluding hydrogens is 420 g/mol. The second-order valence-corrected chi connectivity index (χ2v) is 7.30. The largest absolute Gasteiger partial charge is 0.507 e. The third-order valence-corrected chi connectivity index (χ3v) is 5.27. The first-order valence-electron chi connectivity index (χ1n) is 9.25. The SMILES string of the molecule is O=C1C(=O)N(c2ccc(Cl)cc2)C(c2ccccc2)/C1=C(/O)c1ccc([N+](=O)[O-])cc1. The second kappa shape index (κ2) is 8.04. The zero-order valence-corrected chi connectivity index (χ0v) is 16.7. The fraction of sp³-hybridized carbons (Fsp3) is 0.0435. The number of hydrogen-bond acceptors (Lipinski definition) is 5. The molecule has 1 N–H and O–H groups in total. The lowest BCUT2D eigenvalue weighted by Crippen LogP contribution is -2.29. The molecule has 1 aliphatic heterocycles. The fourth-order valence-corrected chi connectivity index (χ4v) is 3.67. The van der Waals surface area contributed by atoms with Crippen LogP contribution in [-0.4, -0.2) is 21.7 Å². The summed E-state index contributed by atoms with van der Waals surface area (Å²) >= 11 is 5.96. The number of Topliss-reactive ketones (excluding diaryl/α,β-unsaturated/α-hetero) is 1. The average Bonchev–Trinajstić information content (AvgIpc) is 3.05. The zero-order chi connectivity index (χ0) is 22.1. The Labute approximate surface area is 182 Å². The number of nitro benzene ring substituents is 1. The molecule has 1 heterocycles. The normalized spacial score (nSPS) is 17.7. The van der Waals surface area contributed by atoms with Crippen molar-refractivity contribution in [2.45, 2.75) is 6.04 Å². The number of amides is 1. The number of aliphatic hydroxyl groups is 1. The molecule has 1 atom stereocenters. The van der Waals surface area contributed by atoms with E-state index in [1.165, 1.54) is 29.2 Å². The molecule has 4 rings (SSSR count). The van der Waals surface area contributed by atoms with Gasteiger partial charge >= 0.3 is 0 Å². The van der Waals surface area contributed by atoms with Crippen LogP contribution in [-0.2, 0) is 9.59 Å². The van der Waals surface area contributed by atoms with Gasteiger partial charge in [-0.15, -0.1) is 0 Å². The van der Waals surface area contributed by atoms with Crippen LogP contribution in [0.25, 0.3) is 5.76 Å². The van der Waals surface area contributed by atoms with Crippen molar-refractivity contribution in [1.82, 2.24) is 0 Å². The van der Waals surface area contributed by atoms with Crippen LogP contribution in [0.4, 0.5) is 11.4 Å². The first-order chi connectivity index (χ1) is 14.9. The predicted molar refractivity (Wildman–Crippen MR) is 116 cm³/mol. The van der Waals surface area contributed by atoms with Gasteiger partial charge in [-0.1, -0.05) is 41.9 Å². The number of rotatable bonds is 4. The van der Waals surface area contributed by atoms with E-state index in [0.29, 0.717) is 16.3 Å². The number of nitrogens with zero attached hydrogens (tertiary/aromatic N) is 2. The Balaban J connectivity index is 1.90. The van der Waals surface area contributed by atoms with Crippen LogP contribution in [0.5, 0.6) is 0 Å². The molecule has 0 spiro atoms. The quantitative estimate of drug-likeness (QED) is 0.207. The molecule has 154 valence electrons. The number of carbonyl (C=O) groups excluding carboxylic acids is 2. The van der Waals surface area contributed by atoms with Crippen molar-refractivity contribution in [1.29, 1.82) is 0 Å². The number of ketones is 1. The Morgan fingerprint density at radius 2 is 1.55 bits per heavy atom. The molecule has 31 heavy (non-hydrogen) atoms. The summed E-state index contributed by atoms with van der Waals surface area (Å²) in [5, 5.41) is 22.4. The van der Waals surface area contributed by atoms with E-state index in [0.717, 1.165) is 0 Å². The van der Waals surface area contributed by atoms with Gasteiger partial charge in [-0.25, -0.2) is 0 Å². The number of non-ortho nitro benzene ring substituents is 1. The van der Waals surface area contributed by atoms with Crippen LogP contribution >= 0.6 is 11.6 Å². The molecule has 0 aromatic heterocycles. The van der Waals surface area contributed by atoms with Crippen molar-refractivity contribution in [3.8, 4) is 0 Å². The van der Waals surface area contributed by atoms with E-state index in [9.17, 15) is 24.8 Å². The van der Waals surface area contributed by atoms with Gasteiger partial charge in [0.2, 0.25) is 0 Å². The predicted octanol–water partition coefficient (Wildman–Crippen LogP) is 4.87. The highest BCUT2D eigenvalue weighted by molar-refractivity contribution is 6.51. The average molecular weight is 435 g/mol. The van der Waals surface area contributed by atoms with Crippen molar-refractivity contribution in [2.75, 3.05) is 4.90 Å². The summed E-state index contributed by atoms with van der Waals surface area (Å²) in [6, 6.07) is 19.5. The van der Waals surface area contributed by atoms with Gasteiger partial charge < -0.3 is 5.11 Å². The van der Waals surface area contributed by atoms with Crippen molar-refractivity contribution in [2.24, 2.45) is 0 Å². The molecule has 8 heteroatoms. The summed E-state index contributed by atoms with van der Waals surface area (Å²) in [6.07, 6.45) is 0. The molecule has 1 aliphatic rings. The molecule has 1 fully saturated rings. The Hall–Kier alpha value is -3.97. The summed E-state index contributed by atoms with van der Waals surface area (Å²) in [5.74, 6) is -2.04. The summed E-state index contributed by atoms with van der Waals surface area (Å²) < 4.78 is 0. The highest BCUT2D eigenvalue weighted by Gasteiger charge is 2.46. The van der Waals surface area contributed by atoms with Crippen LogP contribution in [0.2, 0.25) is 5.02 Å². The van der Waals surface area contributed by atoms with Crippen LogP contribution in [0.1, 0.15) is 17.2 Å². The number of nitro groups is 1. The van der Waals surface area contributed by atoms with E-state index < -0.39 is 28.4 Å². The van der Waals surface area contributed by atoms with Gasteiger partial charge in [-0.05, 0) is 42.0 Å². The first-order valence-corrected chi connectivity index (χ1v) is 9.62. The smallest absolute Gasteiger partial charge is 0.300 e. The molecule has 0 aliphatic carbocycles.